The van der Waals surface area contributed by atoms with Crippen molar-refractivity contribution in [3.05, 3.63) is 0 Å². The summed E-state index contributed by atoms with van der Waals surface area (Å²) in [5, 5.41) is 3.65. The number of piperidine rings is 1. The lowest BCUT2D eigenvalue weighted by molar-refractivity contribution is 0.0200. The summed E-state index contributed by atoms with van der Waals surface area (Å²) in [4.78, 5) is 16.6. The van der Waals surface area contributed by atoms with Gasteiger partial charge in [-0.2, -0.15) is 0 Å². The molecule has 2 aliphatic rings. The first-order valence-corrected chi connectivity index (χ1v) is 9.22. The van der Waals surface area contributed by atoms with Gasteiger partial charge in [0.2, 0.25) is 0 Å². The highest BCUT2D eigenvalue weighted by molar-refractivity contribution is 5.68. The molecular formula is C18H35N3O3. The highest BCUT2D eigenvalue weighted by Crippen LogP contribution is 2.34. The molecule has 0 aromatic carbocycles. The van der Waals surface area contributed by atoms with E-state index in [4.69, 9.17) is 9.47 Å². The van der Waals surface area contributed by atoms with E-state index < -0.39 is 5.60 Å². The highest BCUT2D eigenvalue weighted by atomic mass is 16.6. The van der Waals surface area contributed by atoms with Crippen LogP contribution in [-0.4, -0.2) is 80.0 Å². The summed E-state index contributed by atoms with van der Waals surface area (Å²) < 4.78 is 10.6. The van der Waals surface area contributed by atoms with E-state index in [1.807, 2.05) is 20.8 Å². The second-order valence-electron chi connectivity index (χ2n) is 8.13. The van der Waals surface area contributed by atoms with Crippen LogP contribution in [0.2, 0.25) is 0 Å². The number of hydrogen-bond donors (Lipinski definition) is 1. The van der Waals surface area contributed by atoms with Crippen LogP contribution < -0.4 is 5.32 Å². The summed E-state index contributed by atoms with van der Waals surface area (Å²) in [7, 11) is 3.91. The van der Waals surface area contributed by atoms with E-state index in [9.17, 15) is 4.79 Å². The third-order valence-electron chi connectivity index (χ3n) is 5.13. The zero-order valence-electron chi connectivity index (χ0n) is 16.0. The minimum atomic E-state index is -0.469. The van der Waals surface area contributed by atoms with Gasteiger partial charge in [-0.15, -0.1) is 0 Å². The number of rotatable bonds is 7. The standard InChI is InChI=1S/C18H35N3O3/c1-18(2,3)24-17(22)21(10-11-23-5)9-8-19-14-12-15-6-7-16(13-14)20(15)4/h14-16,19H,6-13H2,1-5H3. The summed E-state index contributed by atoms with van der Waals surface area (Å²) in [5.74, 6) is 0. The molecule has 6 heteroatoms. The molecule has 1 amide bonds. The van der Waals surface area contributed by atoms with Crippen LogP contribution in [0, 0.1) is 0 Å². The number of carbonyl (C=O) groups excluding carboxylic acids is 1. The molecule has 2 rings (SSSR count). The second kappa shape index (κ2) is 8.50. The third-order valence-corrected chi connectivity index (χ3v) is 5.13. The van der Waals surface area contributed by atoms with Crippen LogP contribution in [0.5, 0.6) is 0 Å². The minimum absolute atomic E-state index is 0.259. The monoisotopic (exact) mass is 341 g/mol. The normalized spacial score (nSPS) is 27.3. The summed E-state index contributed by atoms with van der Waals surface area (Å²) in [6.45, 7) is 8.23. The highest BCUT2D eigenvalue weighted by Gasteiger charge is 2.38. The van der Waals surface area contributed by atoms with E-state index in [-0.39, 0.29) is 6.09 Å². The molecule has 0 radical (unpaired) electrons. The largest absolute Gasteiger partial charge is 0.444 e. The number of methoxy groups -OCH3 is 1. The number of nitrogens with zero attached hydrogens (tertiary/aromatic N) is 2. The van der Waals surface area contributed by atoms with Crippen LogP contribution in [0.15, 0.2) is 0 Å². The summed E-state index contributed by atoms with van der Waals surface area (Å²) >= 11 is 0. The van der Waals surface area contributed by atoms with Gasteiger partial charge in [-0.1, -0.05) is 0 Å². The molecule has 2 aliphatic heterocycles. The molecule has 2 atom stereocenters. The minimum Gasteiger partial charge on any atom is -0.444 e. The van der Waals surface area contributed by atoms with Crippen LogP contribution >= 0.6 is 0 Å². The molecule has 0 aliphatic carbocycles. The van der Waals surface area contributed by atoms with Crippen molar-refractivity contribution in [1.82, 2.24) is 15.1 Å². The molecule has 0 saturated carbocycles. The number of hydrogen-bond acceptors (Lipinski definition) is 5. The summed E-state index contributed by atoms with van der Waals surface area (Å²) in [5.41, 5.74) is -0.469. The van der Waals surface area contributed by atoms with Crippen LogP contribution in [0.25, 0.3) is 0 Å². The SMILES string of the molecule is COCCN(CCNC1CC2CCC(C1)N2C)C(=O)OC(C)(C)C. The van der Waals surface area contributed by atoms with Crippen molar-refractivity contribution in [3.63, 3.8) is 0 Å². The van der Waals surface area contributed by atoms with E-state index in [1.54, 1.807) is 12.0 Å². The predicted octanol–water partition coefficient (Wildman–Crippen LogP) is 2.08. The average molecular weight is 341 g/mol. The van der Waals surface area contributed by atoms with Crippen LogP contribution in [0.1, 0.15) is 46.5 Å². The molecule has 6 nitrogen and oxygen atoms in total. The van der Waals surface area contributed by atoms with Gasteiger partial charge in [0.1, 0.15) is 5.60 Å². The van der Waals surface area contributed by atoms with E-state index in [0.29, 0.717) is 25.7 Å². The number of nitrogens with one attached hydrogen (secondary N) is 1. The summed E-state index contributed by atoms with van der Waals surface area (Å²) in [6.07, 6.45) is 4.84. The molecule has 2 unspecified atom stereocenters. The Morgan fingerprint density at radius 3 is 2.38 bits per heavy atom. The zero-order valence-corrected chi connectivity index (χ0v) is 16.0. The van der Waals surface area contributed by atoms with Gasteiger partial charge in [-0.3, -0.25) is 0 Å². The Morgan fingerprint density at radius 2 is 1.83 bits per heavy atom. The zero-order chi connectivity index (χ0) is 17.7. The molecule has 0 aromatic rings. The lowest BCUT2D eigenvalue weighted by Gasteiger charge is -2.37. The van der Waals surface area contributed by atoms with Gasteiger partial charge in [-0.05, 0) is 53.5 Å². The maximum absolute atomic E-state index is 12.3. The van der Waals surface area contributed by atoms with E-state index in [2.05, 4.69) is 17.3 Å². The molecule has 2 saturated heterocycles. The smallest absolute Gasteiger partial charge is 0.410 e. The Hall–Kier alpha value is -0.850. The Balaban J connectivity index is 1.77. The molecule has 2 fully saturated rings. The average Bonchev–Trinajstić information content (AvgIpc) is 2.71. The van der Waals surface area contributed by atoms with Crippen molar-refractivity contribution < 1.29 is 14.3 Å². The van der Waals surface area contributed by atoms with E-state index in [1.165, 1.54) is 25.7 Å². The summed E-state index contributed by atoms with van der Waals surface area (Å²) in [6, 6.07) is 2.04. The Bertz CT molecular complexity index is 397. The van der Waals surface area contributed by atoms with Gasteiger partial charge in [0, 0.05) is 44.9 Å². The Kier molecular flexibility index (Phi) is 6.89. The van der Waals surface area contributed by atoms with E-state index in [0.717, 1.165) is 18.6 Å². The number of amides is 1. The van der Waals surface area contributed by atoms with Crippen molar-refractivity contribution >= 4 is 6.09 Å². The Morgan fingerprint density at radius 1 is 1.21 bits per heavy atom. The molecular weight excluding hydrogens is 306 g/mol. The fraction of sp³-hybridized carbons (Fsp3) is 0.944. The van der Waals surface area contributed by atoms with Gasteiger partial charge in [-0.25, -0.2) is 4.79 Å². The van der Waals surface area contributed by atoms with Crippen LogP contribution in [-0.2, 0) is 9.47 Å². The topological polar surface area (TPSA) is 54.0 Å². The van der Waals surface area contributed by atoms with Gasteiger partial charge in [0.05, 0.1) is 6.61 Å². The van der Waals surface area contributed by atoms with Gasteiger partial charge in [0.15, 0.2) is 0 Å². The predicted molar refractivity (Wildman–Crippen MR) is 95.3 cm³/mol. The lowest BCUT2D eigenvalue weighted by atomic mass is 9.98. The molecule has 24 heavy (non-hydrogen) atoms. The molecule has 140 valence electrons. The van der Waals surface area contributed by atoms with Crippen molar-refractivity contribution in [2.75, 3.05) is 40.4 Å². The number of carbonyl (C=O) groups is 1. The second-order valence-corrected chi connectivity index (χ2v) is 8.13. The van der Waals surface area contributed by atoms with Gasteiger partial charge < -0.3 is 24.6 Å². The fourth-order valence-electron chi connectivity index (χ4n) is 3.80. The van der Waals surface area contributed by atoms with Crippen molar-refractivity contribution in [1.29, 1.82) is 0 Å². The Labute approximate surface area is 146 Å². The van der Waals surface area contributed by atoms with Crippen LogP contribution in [0.4, 0.5) is 4.79 Å². The first-order chi connectivity index (χ1) is 11.3. The van der Waals surface area contributed by atoms with Gasteiger partial charge >= 0.3 is 6.09 Å². The third kappa shape index (κ3) is 5.60. The lowest BCUT2D eigenvalue weighted by Crippen LogP contribution is -2.49. The van der Waals surface area contributed by atoms with E-state index >= 15 is 0 Å². The molecule has 1 N–H and O–H groups in total. The number of fused-ring (bicyclic) bond motifs is 2. The molecule has 0 spiro atoms. The first-order valence-electron chi connectivity index (χ1n) is 9.22. The van der Waals surface area contributed by atoms with Crippen molar-refractivity contribution in [2.45, 2.75) is 70.2 Å². The maximum atomic E-state index is 12.3. The molecule has 0 aromatic heterocycles. The van der Waals surface area contributed by atoms with Crippen molar-refractivity contribution in [2.24, 2.45) is 0 Å². The first kappa shape index (κ1) is 19.5. The van der Waals surface area contributed by atoms with Gasteiger partial charge in [0.25, 0.3) is 0 Å². The fourth-order valence-corrected chi connectivity index (χ4v) is 3.80. The molecule has 2 heterocycles. The molecule has 2 bridgehead atoms. The maximum Gasteiger partial charge on any atom is 0.410 e. The quantitative estimate of drug-likeness (QED) is 0.768. The van der Waals surface area contributed by atoms with Crippen molar-refractivity contribution in [3.8, 4) is 0 Å². The number of ether oxygens (including phenoxy) is 2. The van der Waals surface area contributed by atoms with Crippen LogP contribution in [0.3, 0.4) is 0 Å².